The molecule has 0 unspecified atom stereocenters. The van der Waals surface area contributed by atoms with Gasteiger partial charge in [-0.05, 0) is 43.2 Å². The molecule has 124 valence electrons. The van der Waals surface area contributed by atoms with Gasteiger partial charge in [-0.2, -0.15) is 5.10 Å². The molecule has 24 heavy (non-hydrogen) atoms. The standard InChI is InChI=1S/C17H15ClFN3O2/c1-10-6-7-11(2)15(8-10)21-16(23)17(24)22-20-9-12-13(18)4-3-5-14(12)19/h3-9H,1-2H3,(H,21,23)(H,22,24)/b20-9+. The topological polar surface area (TPSA) is 70.6 Å². The zero-order valence-electron chi connectivity index (χ0n) is 13.1. The van der Waals surface area contributed by atoms with Gasteiger partial charge in [0.15, 0.2) is 0 Å². The van der Waals surface area contributed by atoms with Crippen LogP contribution in [0.4, 0.5) is 10.1 Å². The smallest absolute Gasteiger partial charge is 0.317 e. The van der Waals surface area contributed by atoms with Crippen LogP contribution in [0, 0.1) is 19.7 Å². The molecule has 0 saturated carbocycles. The summed E-state index contributed by atoms with van der Waals surface area (Å²) >= 11 is 5.82. The summed E-state index contributed by atoms with van der Waals surface area (Å²) < 4.78 is 13.5. The van der Waals surface area contributed by atoms with Crippen molar-refractivity contribution in [2.24, 2.45) is 5.10 Å². The summed E-state index contributed by atoms with van der Waals surface area (Å²) in [7, 11) is 0. The number of aryl methyl sites for hydroxylation is 2. The Kier molecular flexibility index (Phi) is 5.65. The molecular formula is C17H15ClFN3O2. The van der Waals surface area contributed by atoms with Crippen molar-refractivity contribution in [1.29, 1.82) is 0 Å². The Hall–Kier alpha value is -2.73. The molecule has 0 fully saturated rings. The van der Waals surface area contributed by atoms with Gasteiger partial charge in [-0.3, -0.25) is 9.59 Å². The van der Waals surface area contributed by atoms with E-state index in [1.54, 1.807) is 6.07 Å². The van der Waals surface area contributed by atoms with E-state index in [2.05, 4.69) is 10.4 Å². The summed E-state index contributed by atoms with van der Waals surface area (Å²) in [4.78, 5) is 23.6. The van der Waals surface area contributed by atoms with Gasteiger partial charge in [-0.25, -0.2) is 9.82 Å². The highest BCUT2D eigenvalue weighted by Gasteiger charge is 2.14. The molecule has 0 aliphatic rings. The second-order valence-corrected chi connectivity index (χ2v) is 5.51. The second-order valence-electron chi connectivity index (χ2n) is 5.11. The molecule has 2 N–H and O–H groups in total. The maximum atomic E-state index is 13.5. The Morgan fingerprint density at radius 3 is 2.62 bits per heavy atom. The van der Waals surface area contributed by atoms with Gasteiger partial charge in [0.05, 0.1) is 11.2 Å². The average molecular weight is 348 g/mol. The van der Waals surface area contributed by atoms with E-state index in [9.17, 15) is 14.0 Å². The van der Waals surface area contributed by atoms with Crippen LogP contribution in [-0.2, 0) is 9.59 Å². The van der Waals surface area contributed by atoms with Crippen LogP contribution in [0.3, 0.4) is 0 Å². The zero-order chi connectivity index (χ0) is 17.7. The van der Waals surface area contributed by atoms with Gasteiger partial charge in [0, 0.05) is 11.3 Å². The van der Waals surface area contributed by atoms with E-state index in [0.29, 0.717) is 5.69 Å². The fourth-order valence-electron chi connectivity index (χ4n) is 1.89. The number of rotatable bonds is 3. The molecule has 5 nitrogen and oxygen atoms in total. The molecule has 0 bridgehead atoms. The van der Waals surface area contributed by atoms with Crippen LogP contribution in [0.25, 0.3) is 0 Å². The molecule has 2 amide bonds. The van der Waals surface area contributed by atoms with Crippen LogP contribution < -0.4 is 10.7 Å². The lowest BCUT2D eigenvalue weighted by atomic mass is 10.1. The normalized spacial score (nSPS) is 10.7. The number of amides is 2. The van der Waals surface area contributed by atoms with Gasteiger partial charge < -0.3 is 5.32 Å². The number of halogens is 2. The molecule has 7 heteroatoms. The predicted molar refractivity (Wildman–Crippen MR) is 91.7 cm³/mol. The van der Waals surface area contributed by atoms with Gasteiger partial charge in [0.2, 0.25) is 0 Å². The minimum atomic E-state index is -0.973. The van der Waals surface area contributed by atoms with Crippen LogP contribution in [0.5, 0.6) is 0 Å². The zero-order valence-corrected chi connectivity index (χ0v) is 13.8. The van der Waals surface area contributed by atoms with Gasteiger partial charge in [-0.1, -0.05) is 29.8 Å². The minimum absolute atomic E-state index is 0.0226. The van der Waals surface area contributed by atoms with E-state index >= 15 is 0 Å². The van der Waals surface area contributed by atoms with Crippen molar-refractivity contribution in [3.05, 3.63) is 63.9 Å². The third-order valence-corrected chi connectivity index (χ3v) is 3.54. The van der Waals surface area contributed by atoms with Crippen LogP contribution in [0.1, 0.15) is 16.7 Å². The van der Waals surface area contributed by atoms with E-state index in [1.807, 2.05) is 31.4 Å². The molecule has 0 spiro atoms. The molecule has 2 aromatic carbocycles. The van der Waals surface area contributed by atoms with Gasteiger partial charge in [0.25, 0.3) is 0 Å². The highest BCUT2D eigenvalue weighted by molar-refractivity contribution is 6.39. The number of hydrogen-bond donors (Lipinski definition) is 2. The van der Waals surface area contributed by atoms with E-state index in [4.69, 9.17) is 11.6 Å². The lowest BCUT2D eigenvalue weighted by molar-refractivity contribution is -0.136. The van der Waals surface area contributed by atoms with E-state index in [0.717, 1.165) is 17.3 Å². The van der Waals surface area contributed by atoms with E-state index in [-0.39, 0.29) is 10.6 Å². The number of carbonyl (C=O) groups excluding carboxylic acids is 2. The Labute approximate surface area is 143 Å². The molecule has 0 aliphatic heterocycles. The van der Waals surface area contributed by atoms with Crippen molar-refractivity contribution >= 4 is 35.3 Å². The van der Waals surface area contributed by atoms with Crippen LogP contribution in [0.15, 0.2) is 41.5 Å². The van der Waals surface area contributed by atoms with Crippen molar-refractivity contribution in [3.63, 3.8) is 0 Å². The predicted octanol–water partition coefficient (Wildman–Crippen LogP) is 3.18. The maximum Gasteiger partial charge on any atom is 0.329 e. The first-order chi connectivity index (χ1) is 11.4. The first kappa shape index (κ1) is 17.6. The fraction of sp³-hybridized carbons (Fsp3) is 0.118. The number of hydrogen-bond acceptors (Lipinski definition) is 3. The summed E-state index contributed by atoms with van der Waals surface area (Å²) in [6.07, 6.45) is 1.04. The van der Waals surface area contributed by atoms with E-state index < -0.39 is 17.6 Å². The monoisotopic (exact) mass is 347 g/mol. The third-order valence-electron chi connectivity index (χ3n) is 3.21. The molecule has 2 rings (SSSR count). The van der Waals surface area contributed by atoms with Gasteiger partial charge in [0.1, 0.15) is 5.82 Å². The minimum Gasteiger partial charge on any atom is -0.317 e. The fourth-order valence-corrected chi connectivity index (χ4v) is 2.10. The average Bonchev–Trinajstić information content (AvgIpc) is 2.53. The van der Waals surface area contributed by atoms with Crippen molar-refractivity contribution in [2.75, 3.05) is 5.32 Å². The molecule has 0 aliphatic carbocycles. The highest BCUT2D eigenvalue weighted by atomic mass is 35.5. The van der Waals surface area contributed by atoms with Crippen molar-refractivity contribution < 1.29 is 14.0 Å². The second kappa shape index (κ2) is 7.70. The molecule has 2 aromatic rings. The lowest BCUT2D eigenvalue weighted by Gasteiger charge is -2.08. The number of nitrogens with zero attached hydrogens (tertiary/aromatic N) is 1. The summed E-state index contributed by atoms with van der Waals surface area (Å²) in [5.41, 5.74) is 4.36. The Morgan fingerprint density at radius 2 is 1.92 bits per heavy atom. The maximum absolute atomic E-state index is 13.5. The highest BCUT2D eigenvalue weighted by Crippen LogP contribution is 2.17. The van der Waals surface area contributed by atoms with Crippen molar-refractivity contribution in [3.8, 4) is 0 Å². The summed E-state index contributed by atoms with van der Waals surface area (Å²) in [6, 6.07) is 9.63. The Balaban J connectivity index is 2.01. The Bertz CT molecular complexity index is 801. The SMILES string of the molecule is Cc1ccc(C)c(NC(=O)C(=O)N/N=C/c2c(F)cccc2Cl)c1. The third kappa shape index (κ3) is 4.39. The van der Waals surface area contributed by atoms with Gasteiger partial charge in [-0.15, -0.1) is 0 Å². The van der Waals surface area contributed by atoms with E-state index in [1.165, 1.54) is 18.2 Å². The first-order valence-corrected chi connectivity index (χ1v) is 7.42. The first-order valence-electron chi connectivity index (χ1n) is 7.04. The summed E-state index contributed by atoms with van der Waals surface area (Å²) in [5.74, 6) is -2.43. The number of nitrogens with one attached hydrogen (secondary N) is 2. The molecule has 0 aromatic heterocycles. The summed E-state index contributed by atoms with van der Waals surface area (Å²) in [6.45, 7) is 3.68. The molecule has 0 radical (unpaired) electrons. The molecular weight excluding hydrogens is 333 g/mol. The van der Waals surface area contributed by atoms with Crippen LogP contribution in [0.2, 0.25) is 5.02 Å². The quantitative estimate of drug-likeness (QED) is 0.508. The lowest BCUT2D eigenvalue weighted by Crippen LogP contribution is -2.32. The number of carbonyl (C=O) groups is 2. The Morgan fingerprint density at radius 1 is 1.17 bits per heavy atom. The molecule has 0 atom stereocenters. The largest absolute Gasteiger partial charge is 0.329 e. The molecule has 0 saturated heterocycles. The van der Waals surface area contributed by atoms with Crippen molar-refractivity contribution in [2.45, 2.75) is 13.8 Å². The van der Waals surface area contributed by atoms with Gasteiger partial charge >= 0.3 is 11.8 Å². The summed E-state index contributed by atoms with van der Waals surface area (Å²) in [5, 5.41) is 6.20. The van der Waals surface area contributed by atoms with Crippen LogP contribution in [-0.4, -0.2) is 18.0 Å². The molecule has 0 heterocycles. The van der Waals surface area contributed by atoms with Crippen LogP contribution >= 0.6 is 11.6 Å². The number of hydrazone groups is 1. The number of anilines is 1. The number of benzene rings is 2. The van der Waals surface area contributed by atoms with Crippen molar-refractivity contribution in [1.82, 2.24) is 5.43 Å².